The molecule has 0 amide bonds. The van der Waals surface area contributed by atoms with Crippen molar-refractivity contribution in [1.29, 1.82) is 0 Å². The monoisotopic (exact) mass is 302 g/mol. The minimum atomic E-state index is 0.171. The number of rotatable bonds is 2. The summed E-state index contributed by atoms with van der Waals surface area (Å²) in [7, 11) is 0. The van der Waals surface area contributed by atoms with Gasteiger partial charge in [0, 0.05) is 30.7 Å². The predicted octanol–water partition coefficient (Wildman–Crippen LogP) is 3.06. The van der Waals surface area contributed by atoms with Crippen molar-refractivity contribution in [1.82, 2.24) is 4.57 Å². The van der Waals surface area contributed by atoms with Gasteiger partial charge in [0.15, 0.2) is 5.75 Å². The Kier molecular flexibility index (Phi) is 3.94. The summed E-state index contributed by atoms with van der Waals surface area (Å²) in [5.41, 5.74) is 2.96. The SMILES string of the molecule is Cc1c(O)c(=S)ccn1-c1ccc(N2CCOCC2)cc1. The van der Waals surface area contributed by atoms with Gasteiger partial charge in [0.1, 0.15) is 0 Å². The van der Waals surface area contributed by atoms with Crippen LogP contribution in [0.3, 0.4) is 0 Å². The highest BCUT2D eigenvalue weighted by atomic mass is 32.1. The number of hydrogen-bond donors (Lipinski definition) is 1. The topological polar surface area (TPSA) is 37.6 Å². The molecule has 2 heterocycles. The summed E-state index contributed by atoms with van der Waals surface area (Å²) in [5.74, 6) is 0.171. The van der Waals surface area contributed by atoms with E-state index in [2.05, 4.69) is 29.2 Å². The molecule has 5 heteroatoms. The molecule has 0 saturated carbocycles. The molecule has 2 aromatic rings. The molecule has 1 N–H and O–H groups in total. The second-order valence-electron chi connectivity index (χ2n) is 5.10. The highest BCUT2D eigenvalue weighted by Gasteiger charge is 2.11. The van der Waals surface area contributed by atoms with Crippen LogP contribution in [0.25, 0.3) is 5.69 Å². The van der Waals surface area contributed by atoms with E-state index in [1.807, 2.05) is 17.7 Å². The fourth-order valence-corrected chi connectivity index (χ4v) is 2.76. The maximum Gasteiger partial charge on any atom is 0.153 e. The molecule has 0 aliphatic carbocycles. The zero-order valence-electron chi connectivity index (χ0n) is 12.0. The second kappa shape index (κ2) is 5.87. The smallest absolute Gasteiger partial charge is 0.153 e. The Bertz CT molecular complexity index is 688. The molecule has 110 valence electrons. The summed E-state index contributed by atoms with van der Waals surface area (Å²) in [5, 5.41) is 9.96. The van der Waals surface area contributed by atoms with Gasteiger partial charge < -0.3 is 19.3 Å². The molecule has 0 unspecified atom stereocenters. The van der Waals surface area contributed by atoms with E-state index in [0.29, 0.717) is 4.51 Å². The maximum absolute atomic E-state index is 9.96. The van der Waals surface area contributed by atoms with Crippen LogP contribution in [0.15, 0.2) is 36.5 Å². The summed E-state index contributed by atoms with van der Waals surface area (Å²) >= 11 is 5.07. The van der Waals surface area contributed by atoms with Crippen LogP contribution in [-0.2, 0) is 4.74 Å². The van der Waals surface area contributed by atoms with E-state index in [4.69, 9.17) is 17.0 Å². The van der Waals surface area contributed by atoms with Crippen molar-refractivity contribution in [3.05, 3.63) is 46.7 Å². The lowest BCUT2D eigenvalue weighted by molar-refractivity contribution is 0.122. The van der Waals surface area contributed by atoms with Crippen LogP contribution in [0.1, 0.15) is 5.69 Å². The first kappa shape index (κ1) is 14.1. The number of nitrogens with zero attached hydrogens (tertiary/aromatic N) is 2. The normalized spacial score (nSPS) is 15.2. The van der Waals surface area contributed by atoms with Crippen LogP contribution < -0.4 is 4.90 Å². The van der Waals surface area contributed by atoms with E-state index >= 15 is 0 Å². The van der Waals surface area contributed by atoms with Crippen molar-refractivity contribution < 1.29 is 9.84 Å². The molecule has 1 aromatic carbocycles. The van der Waals surface area contributed by atoms with Gasteiger partial charge in [-0.05, 0) is 37.3 Å². The van der Waals surface area contributed by atoms with E-state index in [1.165, 1.54) is 5.69 Å². The molecular formula is C16H18N2O2S. The second-order valence-corrected chi connectivity index (χ2v) is 5.54. The van der Waals surface area contributed by atoms with Gasteiger partial charge in [0.05, 0.1) is 23.4 Å². The molecule has 0 spiro atoms. The van der Waals surface area contributed by atoms with E-state index in [0.717, 1.165) is 37.7 Å². The van der Waals surface area contributed by atoms with Gasteiger partial charge in [-0.1, -0.05) is 12.2 Å². The number of ether oxygens (including phenoxy) is 1. The van der Waals surface area contributed by atoms with Crippen molar-refractivity contribution in [3.8, 4) is 11.4 Å². The Hall–Kier alpha value is -1.85. The minimum Gasteiger partial charge on any atom is -0.505 e. The molecule has 0 radical (unpaired) electrons. The molecule has 1 saturated heterocycles. The third-order valence-corrected chi connectivity index (χ3v) is 4.15. The molecule has 0 atom stereocenters. The Morgan fingerprint density at radius 2 is 1.67 bits per heavy atom. The summed E-state index contributed by atoms with van der Waals surface area (Å²) in [6, 6.07) is 10.1. The van der Waals surface area contributed by atoms with Gasteiger partial charge in [-0.3, -0.25) is 0 Å². The Morgan fingerprint density at radius 3 is 2.33 bits per heavy atom. The molecule has 1 fully saturated rings. The standard InChI is InChI=1S/C16H18N2O2S/c1-12-16(19)15(21)6-7-18(12)14-4-2-13(3-5-14)17-8-10-20-11-9-17/h2-7,19H,8-11H2,1H3. The van der Waals surface area contributed by atoms with Crippen LogP contribution in [0, 0.1) is 11.4 Å². The highest BCUT2D eigenvalue weighted by molar-refractivity contribution is 7.71. The van der Waals surface area contributed by atoms with Crippen LogP contribution in [0.5, 0.6) is 5.75 Å². The lowest BCUT2D eigenvalue weighted by atomic mass is 10.2. The van der Waals surface area contributed by atoms with Crippen molar-refractivity contribution in [2.75, 3.05) is 31.2 Å². The van der Waals surface area contributed by atoms with E-state index in [9.17, 15) is 5.11 Å². The predicted molar refractivity (Wildman–Crippen MR) is 86.0 cm³/mol. The average Bonchev–Trinajstić information content (AvgIpc) is 2.54. The number of hydrogen-bond acceptors (Lipinski definition) is 4. The number of benzene rings is 1. The molecular weight excluding hydrogens is 284 g/mol. The molecule has 0 bridgehead atoms. The molecule has 1 aliphatic rings. The van der Waals surface area contributed by atoms with Gasteiger partial charge in [-0.25, -0.2) is 0 Å². The van der Waals surface area contributed by atoms with Gasteiger partial charge in [0.25, 0.3) is 0 Å². The van der Waals surface area contributed by atoms with Gasteiger partial charge in [-0.15, -0.1) is 0 Å². The number of aromatic hydroxyl groups is 1. The number of morpholine rings is 1. The average molecular weight is 302 g/mol. The van der Waals surface area contributed by atoms with Crippen LogP contribution >= 0.6 is 12.2 Å². The van der Waals surface area contributed by atoms with Crippen LogP contribution in [-0.4, -0.2) is 36.0 Å². The van der Waals surface area contributed by atoms with Crippen molar-refractivity contribution in [3.63, 3.8) is 0 Å². The lowest BCUT2D eigenvalue weighted by Gasteiger charge is -2.29. The summed E-state index contributed by atoms with van der Waals surface area (Å²) in [6.45, 7) is 5.28. The van der Waals surface area contributed by atoms with Gasteiger partial charge in [-0.2, -0.15) is 0 Å². The summed E-state index contributed by atoms with van der Waals surface area (Å²) in [6.07, 6.45) is 1.89. The molecule has 21 heavy (non-hydrogen) atoms. The molecule has 1 aromatic heterocycles. The van der Waals surface area contributed by atoms with Crippen molar-refractivity contribution >= 4 is 17.9 Å². The van der Waals surface area contributed by atoms with E-state index in [-0.39, 0.29) is 5.75 Å². The molecule has 3 rings (SSSR count). The third kappa shape index (κ3) is 2.80. The Balaban J connectivity index is 1.90. The summed E-state index contributed by atoms with van der Waals surface area (Å²) in [4.78, 5) is 2.31. The largest absolute Gasteiger partial charge is 0.505 e. The van der Waals surface area contributed by atoms with Gasteiger partial charge in [0.2, 0.25) is 0 Å². The van der Waals surface area contributed by atoms with Crippen LogP contribution in [0.4, 0.5) is 5.69 Å². The Morgan fingerprint density at radius 1 is 1.05 bits per heavy atom. The number of pyridine rings is 1. The number of aromatic nitrogens is 1. The molecule has 1 aliphatic heterocycles. The zero-order valence-corrected chi connectivity index (χ0v) is 12.8. The highest BCUT2D eigenvalue weighted by Crippen LogP contribution is 2.23. The first-order chi connectivity index (χ1) is 10.2. The minimum absolute atomic E-state index is 0.171. The first-order valence-corrected chi connectivity index (χ1v) is 7.42. The van der Waals surface area contributed by atoms with E-state index in [1.54, 1.807) is 6.07 Å². The fourth-order valence-electron chi connectivity index (χ4n) is 2.55. The van der Waals surface area contributed by atoms with Gasteiger partial charge >= 0.3 is 0 Å². The van der Waals surface area contributed by atoms with Crippen LogP contribution in [0.2, 0.25) is 0 Å². The number of anilines is 1. The third-order valence-electron chi connectivity index (χ3n) is 3.82. The zero-order chi connectivity index (χ0) is 14.8. The summed E-state index contributed by atoms with van der Waals surface area (Å²) < 4.78 is 7.79. The van der Waals surface area contributed by atoms with Crippen molar-refractivity contribution in [2.24, 2.45) is 0 Å². The fraction of sp³-hybridized carbons (Fsp3) is 0.312. The lowest BCUT2D eigenvalue weighted by Crippen LogP contribution is -2.36. The molecule has 4 nitrogen and oxygen atoms in total. The first-order valence-electron chi connectivity index (χ1n) is 7.01. The van der Waals surface area contributed by atoms with Crippen molar-refractivity contribution in [2.45, 2.75) is 6.92 Å². The van der Waals surface area contributed by atoms with E-state index < -0.39 is 0 Å². The quantitative estimate of drug-likeness (QED) is 0.865. The Labute approximate surface area is 129 Å². The maximum atomic E-state index is 9.96.